The zero-order chi connectivity index (χ0) is 11.1. The standard InChI is InChI=1S/C9H9F3N2O/c1-8(4-9(10,11)12)7-6(3-15-8)2-13-5-14-7/h2,5H,3-4H2,1H3. The first kappa shape index (κ1) is 10.4. The molecule has 2 heterocycles. The predicted octanol–water partition coefficient (Wildman–Crippen LogP) is 2.17. The van der Waals surface area contributed by atoms with Gasteiger partial charge in [-0.1, -0.05) is 0 Å². The molecule has 0 saturated heterocycles. The van der Waals surface area contributed by atoms with Crippen molar-refractivity contribution in [3.63, 3.8) is 0 Å². The monoisotopic (exact) mass is 218 g/mol. The van der Waals surface area contributed by atoms with Crippen LogP contribution >= 0.6 is 0 Å². The minimum atomic E-state index is -4.26. The van der Waals surface area contributed by atoms with Gasteiger partial charge >= 0.3 is 6.18 Å². The van der Waals surface area contributed by atoms with Crippen molar-refractivity contribution in [2.45, 2.75) is 31.7 Å². The van der Waals surface area contributed by atoms with Crippen LogP contribution in [0.4, 0.5) is 13.2 Å². The third-order valence-electron chi connectivity index (χ3n) is 2.37. The minimum absolute atomic E-state index is 0.142. The van der Waals surface area contributed by atoms with Crippen molar-refractivity contribution in [2.75, 3.05) is 0 Å². The number of rotatable bonds is 1. The summed E-state index contributed by atoms with van der Waals surface area (Å²) in [6.45, 7) is 1.54. The molecule has 0 radical (unpaired) electrons. The van der Waals surface area contributed by atoms with E-state index in [0.717, 1.165) is 0 Å². The summed E-state index contributed by atoms with van der Waals surface area (Å²) < 4.78 is 42.1. The van der Waals surface area contributed by atoms with Gasteiger partial charge in [-0.3, -0.25) is 0 Å². The highest BCUT2D eigenvalue weighted by atomic mass is 19.4. The molecule has 0 bridgehead atoms. The Morgan fingerprint density at radius 1 is 1.53 bits per heavy atom. The summed E-state index contributed by atoms with van der Waals surface area (Å²) >= 11 is 0. The van der Waals surface area contributed by atoms with Gasteiger partial charge in [-0.15, -0.1) is 0 Å². The Bertz CT molecular complexity index is 380. The van der Waals surface area contributed by atoms with Crippen LogP contribution in [0.15, 0.2) is 12.5 Å². The first-order valence-corrected chi connectivity index (χ1v) is 4.41. The van der Waals surface area contributed by atoms with Crippen molar-refractivity contribution in [3.8, 4) is 0 Å². The van der Waals surface area contributed by atoms with Crippen LogP contribution in [-0.4, -0.2) is 16.1 Å². The second-order valence-corrected chi connectivity index (χ2v) is 3.71. The molecule has 1 aliphatic heterocycles. The zero-order valence-corrected chi connectivity index (χ0v) is 8.01. The smallest absolute Gasteiger partial charge is 0.364 e. The number of aromatic nitrogens is 2. The first-order valence-electron chi connectivity index (χ1n) is 4.41. The summed E-state index contributed by atoms with van der Waals surface area (Å²) in [7, 11) is 0. The number of fused-ring (bicyclic) bond motifs is 1. The molecule has 0 aliphatic carbocycles. The summed E-state index contributed by atoms with van der Waals surface area (Å²) in [5.74, 6) is 0. The highest BCUT2D eigenvalue weighted by molar-refractivity contribution is 5.25. The molecule has 0 amide bonds. The molecular weight excluding hydrogens is 209 g/mol. The van der Waals surface area contributed by atoms with E-state index in [4.69, 9.17) is 4.74 Å². The number of halogens is 3. The van der Waals surface area contributed by atoms with Crippen LogP contribution in [0, 0.1) is 0 Å². The number of alkyl halides is 3. The van der Waals surface area contributed by atoms with Crippen LogP contribution in [0.5, 0.6) is 0 Å². The molecule has 82 valence electrons. The summed E-state index contributed by atoms with van der Waals surface area (Å²) in [6, 6.07) is 0. The normalized spacial score (nSPS) is 25.3. The van der Waals surface area contributed by atoms with Gasteiger partial charge in [-0.25, -0.2) is 9.97 Å². The lowest BCUT2D eigenvalue weighted by atomic mass is 9.97. The van der Waals surface area contributed by atoms with E-state index < -0.39 is 18.2 Å². The van der Waals surface area contributed by atoms with E-state index in [2.05, 4.69) is 9.97 Å². The van der Waals surface area contributed by atoms with E-state index in [1.54, 1.807) is 0 Å². The minimum Gasteiger partial charge on any atom is -0.364 e. The summed E-state index contributed by atoms with van der Waals surface area (Å²) in [5.41, 5.74) is -0.393. The highest BCUT2D eigenvalue weighted by Gasteiger charge is 2.46. The van der Waals surface area contributed by atoms with Crippen LogP contribution < -0.4 is 0 Å². The maximum Gasteiger partial charge on any atom is 0.392 e. The summed E-state index contributed by atoms with van der Waals surface area (Å²) in [5, 5.41) is 0. The van der Waals surface area contributed by atoms with E-state index >= 15 is 0 Å². The van der Waals surface area contributed by atoms with Gasteiger partial charge in [0.25, 0.3) is 0 Å². The second-order valence-electron chi connectivity index (χ2n) is 3.71. The van der Waals surface area contributed by atoms with Crippen LogP contribution in [0.3, 0.4) is 0 Å². The molecule has 0 spiro atoms. The quantitative estimate of drug-likeness (QED) is 0.724. The third kappa shape index (κ3) is 1.94. The van der Waals surface area contributed by atoms with Crippen molar-refractivity contribution in [1.29, 1.82) is 0 Å². The first-order chi connectivity index (χ1) is 6.91. The molecule has 0 fully saturated rings. The van der Waals surface area contributed by atoms with Gasteiger partial charge in [-0.2, -0.15) is 13.2 Å². The molecule has 1 unspecified atom stereocenters. The fourth-order valence-electron chi connectivity index (χ4n) is 1.76. The lowest BCUT2D eigenvalue weighted by Crippen LogP contribution is -2.29. The second kappa shape index (κ2) is 3.16. The van der Waals surface area contributed by atoms with Crippen LogP contribution in [-0.2, 0) is 16.9 Å². The Labute approximate surface area is 84.3 Å². The molecule has 0 aromatic carbocycles. The Morgan fingerprint density at radius 3 is 2.93 bits per heavy atom. The summed E-state index contributed by atoms with van der Waals surface area (Å²) in [6.07, 6.45) is -2.56. The van der Waals surface area contributed by atoms with Crippen LogP contribution in [0.2, 0.25) is 0 Å². The molecule has 2 rings (SSSR count). The molecule has 15 heavy (non-hydrogen) atoms. The van der Waals surface area contributed by atoms with E-state index in [0.29, 0.717) is 11.3 Å². The number of hydrogen-bond acceptors (Lipinski definition) is 3. The van der Waals surface area contributed by atoms with Gasteiger partial charge in [0.15, 0.2) is 0 Å². The average molecular weight is 218 g/mol. The van der Waals surface area contributed by atoms with Crippen LogP contribution in [0.1, 0.15) is 24.6 Å². The Balaban J connectivity index is 2.33. The molecule has 6 heteroatoms. The van der Waals surface area contributed by atoms with E-state index in [1.807, 2.05) is 0 Å². The number of ether oxygens (including phenoxy) is 1. The molecule has 1 aromatic heterocycles. The molecule has 1 atom stereocenters. The van der Waals surface area contributed by atoms with Gasteiger partial charge in [-0.05, 0) is 6.92 Å². The van der Waals surface area contributed by atoms with Crippen molar-refractivity contribution in [1.82, 2.24) is 9.97 Å². The summed E-state index contributed by atoms with van der Waals surface area (Å²) in [4.78, 5) is 7.61. The average Bonchev–Trinajstić information content (AvgIpc) is 2.42. The zero-order valence-electron chi connectivity index (χ0n) is 8.01. The lowest BCUT2D eigenvalue weighted by molar-refractivity contribution is -0.185. The number of hydrogen-bond donors (Lipinski definition) is 0. The Morgan fingerprint density at radius 2 is 2.27 bits per heavy atom. The SMILES string of the molecule is CC1(CC(F)(F)F)OCc2cncnc21. The molecule has 3 nitrogen and oxygen atoms in total. The fraction of sp³-hybridized carbons (Fsp3) is 0.556. The van der Waals surface area contributed by atoms with E-state index in [9.17, 15) is 13.2 Å². The topological polar surface area (TPSA) is 35.0 Å². The molecule has 0 N–H and O–H groups in total. The van der Waals surface area contributed by atoms with Gasteiger partial charge in [0.1, 0.15) is 11.9 Å². The molecule has 1 aliphatic rings. The van der Waals surface area contributed by atoms with Gasteiger partial charge < -0.3 is 4.74 Å². The predicted molar refractivity (Wildman–Crippen MR) is 44.8 cm³/mol. The van der Waals surface area contributed by atoms with Crippen molar-refractivity contribution in [2.24, 2.45) is 0 Å². The van der Waals surface area contributed by atoms with E-state index in [-0.39, 0.29) is 6.61 Å². The van der Waals surface area contributed by atoms with Crippen molar-refractivity contribution >= 4 is 0 Å². The van der Waals surface area contributed by atoms with Crippen molar-refractivity contribution in [3.05, 3.63) is 23.8 Å². The van der Waals surface area contributed by atoms with Crippen LogP contribution in [0.25, 0.3) is 0 Å². The fourth-order valence-corrected chi connectivity index (χ4v) is 1.76. The van der Waals surface area contributed by atoms with Gasteiger partial charge in [0.05, 0.1) is 18.7 Å². The Kier molecular flexibility index (Phi) is 2.18. The molecule has 0 saturated carbocycles. The lowest BCUT2D eigenvalue weighted by Gasteiger charge is -2.24. The van der Waals surface area contributed by atoms with Gasteiger partial charge in [0.2, 0.25) is 0 Å². The van der Waals surface area contributed by atoms with Crippen molar-refractivity contribution < 1.29 is 17.9 Å². The largest absolute Gasteiger partial charge is 0.392 e. The Hall–Kier alpha value is -1.17. The maximum atomic E-state index is 12.3. The number of nitrogens with zero attached hydrogens (tertiary/aromatic N) is 2. The molecule has 1 aromatic rings. The van der Waals surface area contributed by atoms with E-state index in [1.165, 1.54) is 19.4 Å². The van der Waals surface area contributed by atoms with Gasteiger partial charge in [0, 0.05) is 11.8 Å². The maximum absolute atomic E-state index is 12.3. The highest BCUT2D eigenvalue weighted by Crippen LogP contribution is 2.42. The molecular formula is C9H9F3N2O. The third-order valence-corrected chi connectivity index (χ3v) is 2.37.